The van der Waals surface area contributed by atoms with Crippen LogP contribution in [0.15, 0.2) is 35.8 Å². The predicted octanol–water partition coefficient (Wildman–Crippen LogP) is 2.79. The molecule has 0 radical (unpaired) electrons. The monoisotopic (exact) mass is 266 g/mol. The predicted molar refractivity (Wildman–Crippen MR) is 71.3 cm³/mol. The van der Waals surface area contributed by atoms with Gasteiger partial charge in [-0.1, -0.05) is 24.3 Å². The fraction of sp³-hybridized carbons (Fsp3) is 0.308. The Morgan fingerprint density at radius 2 is 2.11 bits per heavy atom. The number of aromatic nitrogens is 1. The number of hydrogen-bond acceptors (Lipinski definition) is 4. The summed E-state index contributed by atoms with van der Waals surface area (Å²) < 4.78 is 17.8. The molecule has 0 aliphatic rings. The van der Waals surface area contributed by atoms with Gasteiger partial charge in [-0.05, 0) is 5.56 Å². The van der Waals surface area contributed by atoms with Crippen LogP contribution >= 0.6 is 11.3 Å². The first-order valence-electron chi connectivity index (χ1n) is 5.60. The fourth-order valence-electron chi connectivity index (χ4n) is 1.82. The first-order chi connectivity index (χ1) is 8.76. The van der Waals surface area contributed by atoms with Crippen molar-refractivity contribution in [1.29, 1.82) is 0 Å². The molecule has 1 aromatic carbocycles. The highest BCUT2D eigenvalue weighted by molar-refractivity contribution is 7.13. The lowest BCUT2D eigenvalue weighted by Gasteiger charge is -2.20. The van der Waals surface area contributed by atoms with Gasteiger partial charge >= 0.3 is 0 Å². The minimum absolute atomic E-state index is 0.416. The van der Waals surface area contributed by atoms with Crippen LogP contribution < -0.4 is 5.73 Å². The van der Waals surface area contributed by atoms with Crippen LogP contribution in [0.1, 0.15) is 11.7 Å². The second-order valence-electron chi connectivity index (χ2n) is 3.93. The molecule has 0 saturated heterocycles. The van der Waals surface area contributed by atoms with Gasteiger partial charge in [0.05, 0.1) is 12.1 Å². The molecule has 1 heterocycles. The lowest BCUT2D eigenvalue weighted by molar-refractivity contribution is 0.0721. The quantitative estimate of drug-likeness (QED) is 0.905. The van der Waals surface area contributed by atoms with Crippen LogP contribution in [0.3, 0.4) is 0 Å². The summed E-state index contributed by atoms with van der Waals surface area (Å²) in [7, 11) is 1.54. The van der Waals surface area contributed by atoms with E-state index >= 15 is 0 Å². The van der Waals surface area contributed by atoms with E-state index in [9.17, 15) is 4.39 Å². The number of nitrogens with zero attached hydrogens (tertiary/aromatic N) is 1. The SMILES string of the molecule is COC(c1ccc(-c2nccs2)cc1)C(N)CF. The summed E-state index contributed by atoms with van der Waals surface area (Å²) in [5.74, 6) is 0. The molecule has 2 aromatic rings. The van der Waals surface area contributed by atoms with E-state index in [2.05, 4.69) is 4.98 Å². The number of benzene rings is 1. The Hall–Kier alpha value is -1.30. The highest BCUT2D eigenvalue weighted by atomic mass is 32.1. The Kier molecular flexibility index (Phi) is 4.41. The van der Waals surface area contributed by atoms with Gasteiger partial charge < -0.3 is 10.5 Å². The Labute approximate surface area is 109 Å². The van der Waals surface area contributed by atoms with Crippen molar-refractivity contribution in [2.75, 3.05) is 13.8 Å². The smallest absolute Gasteiger partial charge is 0.123 e. The molecule has 2 rings (SSSR count). The molecule has 96 valence electrons. The number of alkyl halides is 1. The highest BCUT2D eigenvalue weighted by Crippen LogP contribution is 2.25. The number of hydrogen-bond donors (Lipinski definition) is 1. The van der Waals surface area contributed by atoms with Crippen LogP contribution in [-0.4, -0.2) is 24.8 Å². The minimum atomic E-state index is -0.638. The molecule has 18 heavy (non-hydrogen) atoms. The largest absolute Gasteiger partial charge is 0.375 e. The zero-order chi connectivity index (χ0) is 13.0. The summed E-state index contributed by atoms with van der Waals surface area (Å²) in [5.41, 5.74) is 7.60. The van der Waals surface area contributed by atoms with Crippen LogP contribution in [0.2, 0.25) is 0 Å². The number of thiazole rings is 1. The number of nitrogens with two attached hydrogens (primary N) is 1. The maximum atomic E-state index is 12.6. The standard InChI is InChI=1S/C13H15FN2OS/c1-17-12(11(15)8-14)9-2-4-10(5-3-9)13-16-6-7-18-13/h2-7,11-12H,8,15H2,1H3. The van der Waals surface area contributed by atoms with Crippen LogP contribution in [0.4, 0.5) is 4.39 Å². The number of rotatable bonds is 5. The second-order valence-corrected chi connectivity index (χ2v) is 4.83. The van der Waals surface area contributed by atoms with E-state index < -0.39 is 18.8 Å². The van der Waals surface area contributed by atoms with Crippen molar-refractivity contribution >= 4 is 11.3 Å². The zero-order valence-electron chi connectivity index (χ0n) is 10.0. The molecular formula is C13H15FN2OS. The first kappa shape index (κ1) is 13.1. The summed E-state index contributed by atoms with van der Waals surface area (Å²) in [6, 6.07) is 7.07. The first-order valence-corrected chi connectivity index (χ1v) is 6.48. The van der Waals surface area contributed by atoms with Crippen molar-refractivity contribution in [3.8, 4) is 10.6 Å². The summed E-state index contributed by atoms with van der Waals surface area (Å²) in [4.78, 5) is 4.24. The van der Waals surface area contributed by atoms with Gasteiger partial charge in [0.1, 0.15) is 11.7 Å². The van der Waals surface area contributed by atoms with E-state index in [0.717, 1.165) is 16.1 Å². The molecule has 3 nitrogen and oxygen atoms in total. The lowest BCUT2D eigenvalue weighted by atomic mass is 10.0. The average molecular weight is 266 g/mol. The fourth-order valence-corrected chi connectivity index (χ4v) is 2.46. The molecule has 0 fully saturated rings. The molecule has 0 aliphatic carbocycles. The third kappa shape index (κ3) is 2.75. The Balaban J connectivity index is 2.21. The molecule has 0 amide bonds. The summed E-state index contributed by atoms with van der Waals surface area (Å²) in [6.07, 6.45) is 1.35. The van der Waals surface area contributed by atoms with Crippen LogP contribution in [0, 0.1) is 0 Å². The molecule has 2 atom stereocenters. The van der Waals surface area contributed by atoms with Gasteiger partial charge in [-0.2, -0.15) is 0 Å². The average Bonchev–Trinajstić information content (AvgIpc) is 2.94. The Morgan fingerprint density at radius 1 is 1.39 bits per heavy atom. The molecule has 2 unspecified atom stereocenters. The van der Waals surface area contributed by atoms with Gasteiger partial charge in [0.2, 0.25) is 0 Å². The van der Waals surface area contributed by atoms with Gasteiger partial charge in [-0.15, -0.1) is 11.3 Å². The maximum absolute atomic E-state index is 12.6. The third-order valence-electron chi connectivity index (χ3n) is 2.74. The van der Waals surface area contributed by atoms with Crippen molar-refractivity contribution < 1.29 is 9.13 Å². The van der Waals surface area contributed by atoms with Crippen molar-refractivity contribution in [2.45, 2.75) is 12.1 Å². The Morgan fingerprint density at radius 3 is 2.61 bits per heavy atom. The molecule has 0 spiro atoms. The molecule has 2 N–H and O–H groups in total. The number of ether oxygens (including phenoxy) is 1. The molecule has 0 aliphatic heterocycles. The third-order valence-corrected chi connectivity index (χ3v) is 3.56. The van der Waals surface area contributed by atoms with Crippen molar-refractivity contribution in [2.24, 2.45) is 5.73 Å². The van der Waals surface area contributed by atoms with E-state index in [-0.39, 0.29) is 0 Å². The molecule has 5 heteroatoms. The van der Waals surface area contributed by atoms with Crippen molar-refractivity contribution in [3.05, 3.63) is 41.4 Å². The van der Waals surface area contributed by atoms with Crippen molar-refractivity contribution in [3.63, 3.8) is 0 Å². The zero-order valence-corrected chi connectivity index (χ0v) is 10.9. The van der Waals surface area contributed by atoms with E-state index in [1.54, 1.807) is 17.5 Å². The van der Waals surface area contributed by atoms with Crippen LogP contribution in [0.5, 0.6) is 0 Å². The molecule has 0 saturated carbocycles. The van der Waals surface area contributed by atoms with Gasteiger partial charge in [0.15, 0.2) is 0 Å². The Bertz CT molecular complexity index is 472. The topological polar surface area (TPSA) is 48.1 Å². The minimum Gasteiger partial charge on any atom is -0.375 e. The van der Waals surface area contributed by atoms with E-state index in [1.807, 2.05) is 29.6 Å². The normalized spacial score (nSPS) is 14.4. The summed E-state index contributed by atoms with van der Waals surface area (Å²) in [5, 5.41) is 2.89. The highest BCUT2D eigenvalue weighted by Gasteiger charge is 2.19. The summed E-state index contributed by atoms with van der Waals surface area (Å²) in [6.45, 7) is -0.604. The van der Waals surface area contributed by atoms with Crippen molar-refractivity contribution in [1.82, 2.24) is 4.98 Å². The molecule has 1 aromatic heterocycles. The van der Waals surface area contributed by atoms with Gasteiger partial charge in [-0.3, -0.25) is 0 Å². The van der Waals surface area contributed by atoms with Gasteiger partial charge in [0, 0.05) is 24.3 Å². The number of halogens is 1. The second kappa shape index (κ2) is 6.04. The van der Waals surface area contributed by atoms with Crippen LogP contribution in [-0.2, 0) is 4.74 Å². The summed E-state index contributed by atoms with van der Waals surface area (Å²) >= 11 is 1.58. The molecular weight excluding hydrogens is 251 g/mol. The number of methoxy groups -OCH3 is 1. The van der Waals surface area contributed by atoms with E-state index in [4.69, 9.17) is 10.5 Å². The van der Waals surface area contributed by atoms with Crippen LogP contribution in [0.25, 0.3) is 10.6 Å². The lowest BCUT2D eigenvalue weighted by Crippen LogP contribution is -2.31. The van der Waals surface area contributed by atoms with Gasteiger partial charge in [-0.25, -0.2) is 9.37 Å². The maximum Gasteiger partial charge on any atom is 0.123 e. The molecule has 0 bridgehead atoms. The van der Waals surface area contributed by atoms with E-state index in [1.165, 1.54) is 7.11 Å². The van der Waals surface area contributed by atoms with Gasteiger partial charge in [0.25, 0.3) is 0 Å². The van der Waals surface area contributed by atoms with E-state index in [0.29, 0.717) is 0 Å².